The summed E-state index contributed by atoms with van der Waals surface area (Å²) in [7, 11) is 0. The van der Waals surface area contributed by atoms with Crippen molar-refractivity contribution in [3.05, 3.63) is 23.5 Å². The highest BCUT2D eigenvalue weighted by Crippen LogP contribution is 2.24. The second kappa shape index (κ2) is 6.17. The Balaban J connectivity index is 1.73. The Morgan fingerprint density at radius 3 is 3.18 bits per heavy atom. The number of nitrogens with zero attached hydrogens (tertiary/aromatic N) is 4. The Kier molecular flexibility index (Phi) is 4.08. The smallest absolute Gasteiger partial charge is 0.290 e. The van der Waals surface area contributed by atoms with Gasteiger partial charge in [-0.25, -0.2) is 9.67 Å². The molecule has 2 aromatic heterocycles. The number of ether oxygens (including phenoxy) is 1. The molecule has 0 fully saturated rings. The van der Waals surface area contributed by atoms with Crippen LogP contribution in [0.2, 0.25) is 0 Å². The van der Waals surface area contributed by atoms with E-state index in [1.807, 2.05) is 18.5 Å². The van der Waals surface area contributed by atoms with Gasteiger partial charge >= 0.3 is 0 Å². The summed E-state index contributed by atoms with van der Waals surface area (Å²) in [5, 5.41) is 11.0. The number of hydrogen-bond acceptors (Lipinski definition) is 6. The zero-order valence-electron chi connectivity index (χ0n) is 12.7. The molecule has 8 nitrogen and oxygen atoms in total. The molecule has 0 spiro atoms. The molecule has 118 valence electrons. The third-order valence-corrected chi connectivity index (χ3v) is 3.54. The molecule has 1 aliphatic rings. The average Bonchev–Trinajstić information content (AvgIpc) is 3.14. The van der Waals surface area contributed by atoms with Gasteiger partial charge in [0, 0.05) is 13.0 Å². The van der Waals surface area contributed by atoms with Crippen LogP contribution in [0.15, 0.2) is 10.6 Å². The Bertz CT molecular complexity index is 663. The second-order valence-corrected chi connectivity index (χ2v) is 5.09. The van der Waals surface area contributed by atoms with Gasteiger partial charge < -0.3 is 14.6 Å². The van der Waals surface area contributed by atoms with Crippen LogP contribution in [0.25, 0.3) is 0 Å². The standard InChI is InChI=1S/C14H19N5O3/c1-3-11-16-13-9(6-5-7-19(13)17-11)15-14(20)10-8-12(18-22-10)21-4-2/h8-9H,3-7H2,1-2H3,(H,15,20)/t9-/m1/s1. The number of hydrogen-bond donors (Lipinski definition) is 1. The summed E-state index contributed by atoms with van der Waals surface area (Å²) in [4.78, 5) is 16.8. The van der Waals surface area contributed by atoms with Gasteiger partial charge in [0.1, 0.15) is 5.82 Å². The number of aryl methyl sites for hydroxylation is 2. The van der Waals surface area contributed by atoms with Gasteiger partial charge in [0.2, 0.25) is 5.76 Å². The lowest BCUT2D eigenvalue weighted by Gasteiger charge is -2.22. The van der Waals surface area contributed by atoms with Crippen LogP contribution in [0.5, 0.6) is 5.88 Å². The number of amides is 1. The van der Waals surface area contributed by atoms with Gasteiger partial charge in [0.15, 0.2) is 5.82 Å². The fourth-order valence-electron chi connectivity index (χ4n) is 2.50. The summed E-state index contributed by atoms with van der Waals surface area (Å²) < 4.78 is 12.1. The van der Waals surface area contributed by atoms with Crippen LogP contribution in [-0.2, 0) is 13.0 Å². The summed E-state index contributed by atoms with van der Waals surface area (Å²) in [5.41, 5.74) is 0. The average molecular weight is 305 g/mol. The van der Waals surface area contributed by atoms with Crippen LogP contribution >= 0.6 is 0 Å². The predicted molar refractivity (Wildman–Crippen MR) is 76.5 cm³/mol. The number of carbonyl (C=O) groups is 1. The molecule has 1 aliphatic heterocycles. The second-order valence-electron chi connectivity index (χ2n) is 5.09. The van der Waals surface area contributed by atoms with E-state index < -0.39 is 0 Å². The topological polar surface area (TPSA) is 95.1 Å². The lowest BCUT2D eigenvalue weighted by molar-refractivity contribution is 0.0889. The zero-order chi connectivity index (χ0) is 15.5. The molecular weight excluding hydrogens is 286 g/mol. The highest BCUT2D eigenvalue weighted by atomic mass is 16.5. The normalized spacial score (nSPS) is 17.1. The van der Waals surface area contributed by atoms with Crippen molar-refractivity contribution in [1.29, 1.82) is 0 Å². The summed E-state index contributed by atoms with van der Waals surface area (Å²) in [5.74, 6) is 1.73. The Morgan fingerprint density at radius 1 is 1.55 bits per heavy atom. The van der Waals surface area contributed by atoms with Crippen molar-refractivity contribution in [3.63, 3.8) is 0 Å². The Morgan fingerprint density at radius 2 is 2.41 bits per heavy atom. The quantitative estimate of drug-likeness (QED) is 0.899. The van der Waals surface area contributed by atoms with Gasteiger partial charge in [0.05, 0.1) is 18.7 Å². The van der Waals surface area contributed by atoms with Gasteiger partial charge in [0.25, 0.3) is 11.8 Å². The van der Waals surface area contributed by atoms with Crippen molar-refractivity contribution in [2.45, 2.75) is 45.7 Å². The lowest BCUT2D eigenvalue weighted by atomic mass is 10.1. The van der Waals surface area contributed by atoms with E-state index in [4.69, 9.17) is 9.26 Å². The van der Waals surface area contributed by atoms with E-state index in [1.54, 1.807) is 0 Å². The number of fused-ring (bicyclic) bond motifs is 1. The maximum atomic E-state index is 12.3. The number of rotatable bonds is 5. The summed E-state index contributed by atoms with van der Waals surface area (Å²) in [6.07, 6.45) is 2.56. The first kappa shape index (κ1) is 14.6. The van der Waals surface area contributed by atoms with Crippen molar-refractivity contribution in [1.82, 2.24) is 25.2 Å². The summed E-state index contributed by atoms with van der Waals surface area (Å²) in [6.45, 7) is 5.16. The lowest BCUT2D eigenvalue weighted by Crippen LogP contribution is -2.33. The van der Waals surface area contributed by atoms with Crippen LogP contribution in [0.3, 0.4) is 0 Å². The molecule has 3 heterocycles. The maximum Gasteiger partial charge on any atom is 0.290 e. The molecule has 0 saturated heterocycles. The first-order valence-electron chi connectivity index (χ1n) is 7.55. The molecule has 0 aromatic carbocycles. The number of nitrogens with one attached hydrogen (secondary N) is 1. The molecular formula is C14H19N5O3. The van der Waals surface area contributed by atoms with E-state index in [1.165, 1.54) is 6.07 Å². The minimum Gasteiger partial charge on any atom is -0.476 e. The van der Waals surface area contributed by atoms with Gasteiger partial charge in [-0.2, -0.15) is 5.10 Å². The largest absolute Gasteiger partial charge is 0.476 e. The fourth-order valence-corrected chi connectivity index (χ4v) is 2.50. The highest BCUT2D eigenvalue weighted by molar-refractivity contribution is 5.91. The third-order valence-electron chi connectivity index (χ3n) is 3.54. The minimum absolute atomic E-state index is 0.135. The van der Waals surface area contributed by atoms with E-state index in [2.05, 4.69) is 20.6 Å². The van der Waals surface area contributed by atoms with Gasteiger partial charge in [-0.1, -0.05) is 6.92 Å². The molecule has 8 heteroatoms. The summed E-state index contributed by atoms with van der Waals surface area (Å²) in [6, 6.07) is 1.33. The molecule has 0 aliphatic carbocycles. The SMILES string of the molecule is CCOc1cc(C(=O)N[C@@H]2CCCn3nc(CC)nc32)on1. The van der Waals surface area contributed by atoms with Crippen molar-refractivity contribution in [3.8, 4) is 5.88 Å². The molecule has 0 bridgehead atoms. The van der Waals surface area contributed by atoms with Crippen LogP contribution in [0, 0.1) is 0 Å². The van der Waals surface area contributed by atoms with Crippen LogP contribution in [0.4, 0.5) is 0 Å². The van der Waals surface area contributed by atoms with E-state index in [0.717, 1.165) is 37.5 Å². The zero-order valence-corrected chi connectivity index (χ0v) is 12.7. The van der Waals surface area contributed by atoms with Crippen molar-refractivity contribution in [2.75, 3.05) is 6.61 Å². The van der Waals surface area contributed by atoms with Crippen molar-refractivity contribution >= 4 is 5.91 Å². The molecule has 3 rings (SSSR count). The first-order chi connectivity index (χ1) is 10.7. The van der Waals surface area contributed by atoms with Gasteiger partial charge in [-0.05, 0) is 24.9 Å². The monoisotopic (exact) mass is 305 g/mol. The maximum absolute atomic E-state index is 12.3. The molecule has 1 N–H and O–H groups in total. The summed E-state index contributed by atoms with van der Waals surface area (Å²) >= 11 is 0. The highest BCUT2D eigenvalue weighted by Gasteiger charge is 2.27. The first-order valence-corrected chi connectivity index (χ1v) is 7.55. The predicted octanol–water partition coefficient (Wildman–Crippen LogP) is 1.49. The van der Waals surface area contributed by atoms with Crippen LogP contribution in [0.1, 0.15) is 54.9 Å². The van der Waals surface area contributed by atoms with E-state index in [9.17, 15) is 4.79 Å². The van der Waals surface area contributed by atoms with Crippen molar-refractivity contribution < 1.29 is 14.1 Å². The Hall–Kier alpha value is -2.38. The van der Waals surface area contributed by atoms with E-state index >= 15 is 0 Å². The third kappa shape index (κ3) is 2.81. The van der Waals surface area contributed by atoms with Crippen LogP contribution in [-0.4, -0.2) is 32.4 Å². The van der Waals surface area contributed by atoms with Crippen LogP contribution < -0.4 is 10.1 Å². The minimum atomic E-state index is -0.321. The molecule has 1 atom stereocenters. The molecule has 22 heavy (non-hydrogen) atoms. The molecule has 0 unspecified atom stereocenters. The molecule has 0 saturated carbocycles. The molecule has 1 amide bonds. The molecule has 2 aromatic rings. The van der Waals surface area contributed by atoms with Gasteiger partial charge in [-0.3, -0.25) is 4.79 Å². The van der Waals surface area contributed by atoms with E-state index in [-0.39, 0.29) is 17.7 Å². The molecule has 0 radical (unpaired) electrons. The van der Waals surface area contributed by atoms with Gasteiger partial charge in [-0.15, -0.1) is 0 Å². The number of carbonyl (C=O) groups excluding carboxylic acids is 1. The fraction of sp³-hybridized carbons (Fsp3) is 0.571. The van der Waals surface area contributed by atoms with Crippen molar-refractivity contribution in [2.24, 2.45) is 0 Å². The Labute approximate surface area is 127 Å². The number of aromatic nitrogens is 4. The van der Waals surface area contributed by atoms with E-state index in [0.29, 0.717) is 12.5 Å².